The number of ether oxygens (including phenoxy) is 4. The molecule has 140 valence electrons. The molecule has 4 rings (SSSR count). The molecule has 27 heavy (non-hydrogen) atoms. The van der Waals surface area contributed by atoms with Crippen LogP contribution in [0.15, 0.2) is 29.8 Å². The lowest BCUT2D eigenvalue weighted by Crippen LogP contribution is -2.00. The number of methoxy groups -OCH3 is 4. The molecule has 0 N–H and O–H groups in total. The van der Waals surface area contributed by atoms with Crippen molar-refractivity contribution in [1.82, 2.24) is 0 Å². The summed E-state index contributed by atoms with van der Waals surface area (Å²) in [6, 6.07) is 7.69. The lowest BCUT2D eigenvalue weighted by Gasteiger charge is -2.11. The zero-order chi connectivity index (χ0) is 19.1. The number of benzene rings is 2. The first-order chi connectivity index (χ1) is 13.1. The van der Waals surface area contributed by atoms with Gasteiger partial charge in [-0.2, -0.15) is 0 Å². The smallest absolute Gasteiger partial charge is 0.190 e. The Hall–Kier alpha value is -2.95. The van der Waals surface area contributed by atoms with Gasteiger partial charge in [-0.05, 0) is 59.4 Å². The monoisotopic (exact) mass is 366 g/mol. The third kappa shape index (κ3) is 2.65. The minimum atomic E-state index is 0.0728. The molecule has 2 aliphatic rings. The fraction of sp³-hybridized carbons (Fsp3) is 0.318. The fourth-order valence-electron chi connectivity index (χ4n) is 4.07. The SMILES string of the molecule is COc1cc2c(cc1OC)C(=O)/C(=C1\CCc3cc(OC)c(OC)cc31)C2. The van der Waals surface area contributed by atoms with Gasteiger partial charge in [-0.3, -0.25) is 4.79 Å². The summed E-state index contributed by atoms with van der Waals surface area (Å²) in [5, 5.41) is 0. The van der Waals surface area contributed by atoms with Crippen LogP contribution in [-0.4, -0.2) is 34.2 Å². The van der Waals surface area contributed by atoms with E-state index in [0.717, 1.165) is 40.9 Å². The molecule has 5 nitrogen and oxygen atoms in total. The Labute approximate surface area is 158 Å². The number of hydrogen-bond donors (Lipinski definition) is 0. The predicted molar refractivity (Wildman–Crippen MR) is 102 cm³/mol. The van der Waals surface area contributed by atoms with Crippen molar-refractivity contribution in [3.8, 4) is 23.0 Å². The van der Waals surface area contributed by atoms with Crippen LogP contribution in [0.1, 0.15) is 33.5 Å². The highest BCUT2D eigenvalue weighted by molar-refractivity contribution is 6.18. The maximum absolute atomic E-state index is 13.1. The maximum atomic E-state index is 13.1. The van der Waals surface area contributed by atoms with E-state index in [1.54, 1.807) is 34.5 Å². The summed E-state index contributed by atoms with van der Waals surface area (Å²) in [5.74, 6) is 2.70. The molecule has 5 heteroatoms. The third-order valence-corrected chi connectivity index (χ3v) is 5.44. The van der Waals surface area contributed by atoms with Crippen LogP contribution < -0.4 is 18.9 Å². The van der Waals surface area contributed by atoms with Crippen molar-refractivity contribution in [2.45, 2.75) is 19.3 Å². The summed E-state index contributed by atoms with van der Waals surface area (Å²) in [5.41, 5.74) is 5.91. The molecule has 2 aromatic rings. The van der Waals surface area contributed by atoms with Crippen LogP contribution in [0.4, 0.5) is 0 Å². The van der Waals surface area contributed by atoms with Crippen LogP contribution in [0.2, 0.25) is 0 Å². The molecule has 0 bridgehead atoms. The van der Waals surface area contributed by atoms with E-state index in [-0.39, 0.29) is 5.78 Å². The number of carbonyl (C=O) groups is 1. The third-order valence-electron chi connectivity index (χ3n) is 5.44. The van der Waals surface area contributed by atoms with Crippen LogP contribution in [-0.2, 0) is 12.8 Å². The summed E-state index contributed by atoms with van der Waals surface area (Å²) in [6.45, 7) is 0. The second-order valence-corrected chi connectivity index (χ2v) is 6.69. The van der Waals surface area contributed by atoms with Gasteiger partial charge in [-0.25, -0.2) is 0 Å². The van der Waals surface area contributed by atoms with Crippen molar-refractivity contribution < 1.29 is 23.7 Å². The molecule has 0 aliphatic heterocycles. The van der Waals surface area contributed by atoms with Gasteiger partial charge in [0.2, 0.25) is 0 Å². The zero-order valence-corrected chi connectivity index (χ0v) is 16.0. The molecular weight excluding hydrogens is 344 g/mol. The molecule has 0 radical (unpaired) electrons. The van der Waals surface area contributed by atoms with Gasteiger partial charge in [-0.15, -0.1) is 0 Å². The minimum Gasteiger partial charge on any atom is -0.493 e. The Bertz CT molecular complexity index is 971. The second-order valence-electron chi connectivity index (χ2n) is 6.69. The van der Waals surface area contributed by atoms with Crippen molar-refractivity contribution in [2.24, 2.45) is 0 Å². The van der Waals surface area contributed by atoms with Gasteiger partial charge in [0.1, 0.15) is 0 Å². The number of aryl methyl sites for hydroxylation is 1. The van der Waals surface area contributed by atoms with Crippen molar-refractivity contribution in [1.29, 1.82) is 0 Å². The minimum absolute atomic E-state index is 0.0728. The number of ketones is 1. The first-order valence-corrected chi connectivity index (χ1v) is 8.88. The number of fused-ring (bicyclic) bond motifs is 2. The topological polar surface area (TPSA) is 54.0 Å². The highest BCUT2D eigenvalue weighted by Gasteiger charge is 2.32. The van der Waals surface area contributed by atoms with Crippen molar-refractivity contribution in [2.75, 3.05) is 28.4 Å². The van der Waals surface area contributed by atoms with Crippen molar-refractivity contribution in [3.63, 3.8) is 0 Å². The Kier molecular flexibility index (Phi) is 4.30. The van der Waals surface area contributed by atoms with E-state index >= 15 is 0 Å². The number of rotatable bonds is 4. The van der Waals surface area contributed by atoms with E-state index < -0.39 is 0 Å². The van der Waals surface area contributed by atoms with E-state index in [1.807, 2.05) is 18.2 Å². The zero-order valence-electron chi connectivity index (χ0n) is 16.0. The number of allylic oxidation sites excluding steroid dienone is 2. The largest absolute Gasteiger partial charge is 0.493 e. The number of carbonyl (C=O) groups excluding carboxylic acids is 1. The summed E-state index contributed by atoms with van der Waals surface area (Å²) in [6.07, 6.45) is 2.34. The quantitative estimate of drug-likeness (QED) is 0.769. The summed E-state index contributed by atoms with van der Waals surface area (Å²) < 4.78 is 21.6. The fourth-order valence-corrected chi connectivity index (χ4v) is 4.07. The van der Waals surface area contributed by atoms with Crippen LogP contribution >= 0.6 is 0 Å². The van der Waals surface area contributed by atoms with Crippen LogP contribution in [0.25, 0.3) is 5.57 Å². The molecule has 0 saturated carbocycles. The lowest BCUT2D eigenvalue weighted by atomic mass is 9.98. The molecule has 0 fully saturated rings. The van der Waals surface area contributed by atoms with E-state index in [4.69, 9.17) is 18.9 Å². The summed E-state index contributed by atoms with van der Waals surface area (Å²) in [4.78, 5) is 13.1. The molecule has 0 unspecified atom stereocenters. The highest BCUT2D eigenvalue weighted by atomic mass is 16.5. The van der Waals surface area contributed by atoms with Crippen LogP contribution in [0, 0.1) is 0 Å². The van der Waals surface area contributed by atoms with Crippen molar-refractivity contribution in [3.05, 3.63) is 52.1 Å². The van der Waals surface area contributed by atoms with Gasteiger partial charge >= 0.3 is 0 Å². The van der Waals surface area contributed by atoms with Crippen LogP contribution in [0.5, 0.6) is 23.0 Å². The molecular formula is C22H22O5. The molecule has 0 aromatic heterocycles. The van der Waals surface area contributed by atoms with Gasteiger partial charge in [0, 0.05) is 17.6 Å². The molecule has 0 saturated heterocycles. The van der Waals surface area contributed by atoms with E-state index in [0.29, 0.717) is 29.2 Å². The first kappa shape index (κ1) is 17.5. The average molecular weight is 366 g/mol. The highest BCUT2D eigenvalue weighted by Crippen LogP contribution is 2.45. The van der Waals surface area contributed by atoms with E-state index in [2.05, 4.69) is 0 Å². The van der Waals surface area contributed by atoms with Gasteiger partial charge in [-0.1, -0.05) is 0 Å². The number of hydrogen-bond acceptors (Lipinski definition) is 5. The Morgan fingerprint density at radius 3 is 1.74 bits per heavy atom. The normalized spacial score (nSPS) is 17.6. The molecule has 0 amide bonds. The van der Waals surface area contributed by atoms with Gasteiger partial charge in [0.25, 0.3) is 0 Å². The van der Waals surface area contributed by atoms with Gasteiger partial charge in [0.15, 0.2) is 28.8 Å². The van der Waals surface area contributed by atoms with Crippen LogP contribution in [0.3, 0.4) is 0 Å². The molecule has 2 aliphatic carbocycles. The Morgan fingerprint density at radius 2 is 1.15 bits per heavy atom. The van der Waals surface area contributed by atoms with E-state index in [9.17, 15) is 4.79 Å². The summed E-state index contributed by atoms with van der Waals surface area (Å²) >= 11 is 0. The lowest BCUT2D eigenvalue weighted by molar-refractivity contribution is 0.103. The van der Waals surface area contributed by atoms with Crippen molar-refractivity contribution >= 4 is 11.4 Å². The number of Topliss-reactive ketones (excluding diaryl/α,β-unsaturated/α-hetero) is 1. The van der Waals surface area contributed by atoms with E-state index in [1.165, 1.54) is 5.56 Å². The van der Waals surface area contributed by atoms with Gasteiger partial charge < -0.3 is 18.9 Å². The molecule has 0 atom stereocenters. The van der Waals surface area contributed by atoms with Gasteiger partial charge in [0.05, 0.1) is 28.4 Å². The predicted octanol–water partition coefficient (Wildman–Crippen LogP) is 3.86. The maximum Gasteiger partial charge on any atom is 0.190 e. The standard InChI is InChI=1S/C22H22O5/c1-24-18-8-12-5-6-14(15(12)10-20(18)26-3)17-7-13-9-19(25-2)21(27-4)11-16(13)22(17)23/h8-11H,5-7H2,1-4H3/b17-14+. The first-order valence-electron chi connectivity index (χ1n) is 8.88. The summed E-state index contributed by atoms with van der Waals surface area (Å²) in [7, 11) is 6.45. The average Bonchev–Trinajstić information content (AvgIpc) is 3.25. The Morgan fingerprint density at radius 1 is 0.630 bits per heavy atom. The molecule has 0 heterocycles. The Balaban J connectivity index is 1.82. The second kappa shape index (κ2) is 6.65. The molecule has 0 spiro atoms. The molecule has 2 aromatic carbocycles.